The second kappa shape index (κ2) is 115. The van der Waals surface area contributed by atoms with Crippen molar-refractivity contribution in [2.24, 2.45) is 17.4 Å². The normalized spacial score (nSPS) is 18.6. The highest BCUT2D eigenvalue weighted by Gasteiger charge is 2.20. The molecule has 24 heteroatoms. The number of hydrogen-bond acceptors (Lipinski definition) is 23. The first-order valence-corrected chi connectivity index (χ1v) is 58.7. The van der Waals surface area contributed by atoms with Gasteiger partial charge in [0.2, 0.25) is 0 Å². The lowest BCUT2D eigenvalue weighted by molar-refractivity contribution is 0.0380. The number of aliphatic hydroxyl groups is 1. The molecule has 0 amide bonds. The van der Waals surface area contributed by atoms with Gasteiger partial charge >= 0.3 is 0 Å². The molecule has 0 spiro atoms. The van der Waals surface area contributed by atoms with Crippen LogP contribution < -0.4 is 22.1 Å². The number of nitrogens with two attached hydrogens (primary N) is 2. The minimum absolute atomic E-state index is 0. The summed E-state index contributed by atoms with van der Waals surface area (Å²) >= 11 is 0. The first kappa shape index (κ1) is 146. The van der Waals surface area contributed by atoms with Crippen molar-refractivity contribution in [2.45, 2.75) is 354 Å². The Morgan fingerprint density at radius 2 is 0.821 bits per heavy atom. The molecule has 840 valence electrons. The van der Waals surface area contributed by atoms with Crippen molar-refractivity contribution in [3.63, 3.8) is 0 Å². The predicted octanol–water partition coefficient (Wildman–Crippen LogP) is 19.3. The van der Waals surface area contributed by atoms with Crippen LogP contribution in [0.3, 0.4) is 0 Å². The number of likely N-dealkylation sites (N-methyl/N-ethyl adjacent to an activating group) is 5. The third kappa shape index (κ3) is 105. The van der Waals surface area contributed by atoms with Crippen LogP contribution in [0.1, 0.15) is 340 Å². The number of morpholine rings is 1. The average Bonchev–Trinajstić information content (AvgIpc) is 1.31. The lowest BCUT2D eigenvalue weighted by atomic mass is 9.95. The molecule has 12 heterocycles. The number of unbranched alkanes of at least 4 members (excludes halogenated alkanes) is 5. The largest absolute Gasteiger partial charge is 0.395 e. The molecule has 12 rings (SSSR count). The van der Waals surface area contributed by atoms with Crippen LogP contribution in [0.4, 0.5) is 0 Å². The topological polar surface area (TPSA) is 185 Å². The van der Waals surface area contributed by atoms with E-state index in [4.69, 9.17) is 21.3 Å². The second-order valence-electron chi connectivity index (χ2n) is 41.4. The molecule has 10 aliphatic heterocycles. The molecular formula is C116H254N22O2. The number of aryl methyl sites for hydroxylation is 2. The van der Waals surface area contributed by atoms with Crippen LogP contribution >= 0.6 is 0 Å². The van der Waals surface area contributed by atoms with E-state index in [0.717, 1.165) is 103 Å². The van der Waals surface area contributed by atoms with Crippen LogP contribution in [0.25, 0.3) is 0 Å². The molecule has 1 atom stereocenters. The van der Waals surface area contributed by atoms with Crippen LogP contribution in [0.15, 0.2) is 43.1 Å². The Hall–Kier alpha value is -2.48. The number of nitrogens with zero attached hydrogens (tertiary/aromatic N) is 18. The monoisotopic (exact) mass is 1990 g/mol. The summed E-state index contributed by atoms with van der Waals surface area (Å²) in [7, 11) is 25.3. The summed E-state index contributed by atoms with van der Waals surface area (Å²) in [6.45, 7) is 76.5. The number of hydrogen-bond donors (Lipinski definition) is 5. The van der Waals surface area contributed by atoms with Gasteiger partial charge in [-0.25, -0.2) is 4.98 Å². The Morgan fingerprint density at radius 1 is 0.386 bits per heavy atom. The summed E-state index contributed by atoms with van der Waals surface area (Å²) in [6, 6.07) is 6.94. The number of imidazole rings is 1. The number of pyridine rings is 1. The van der Waals surface area contributed by atoms with E-state index in [1.54, 1.807) is 12.5 Å². The van der Waals surface area contributed by atoms with E-state index in [2.05, 4.69) is 247 Å². The summed E-state index contributed by atoms with van der Waals surface area (Å²) in [4.78, 5) is 44.2. The molecule has 10 saturated heterocycles. The van der Waals surface area contributed by atoms with Gasteiger partial charge in [-0.2, -0.15) is 0 Å². The van der Waals surface area contributed by atoms with E-state index in [0.29, 0.717) is 6.61 Å². The van der Waals surface area contributed by atoms with Gasteiger partial charge in [-0.3, -0.25) is 9.88 Å². The second-order valence-corrected chi connectivity index (χ2v) is 41.4. The molecule has 24 nitrogen and oxygen atoms in total. The molecule has 10 aliphatic rings. The van der Waals surface area contributed by atoms with E-state index < -0.39 is 0 Å². The molecule has 0 saturated carbocycles. The average molecular weight is 1990 g/mol. The third-order valence-electron chi connectivity index (χ3n) is 26.8. The van der Waals surface area contributed by atoms with Gasteiger partial charge in [-0.1, -0.05) is 180 Å². The number of rotatable bonds is 39. The maximum absolute atomic E-state index is 8.58. The van der Waals surface area contributed by atoms with Crippen LogP contribution in [-0.4, -0.2) is 452 Å². The summed E-state index contributed by atoms with van der Waals surface area (Å²) in [5.74, 6) is 1.03. The van der Waals surface area contributed by atoms with Gasteiger partial charge < -0.3 is 105 Å². The highest BCUT2D eigenvalue weighted by molar-refractivity contribution is 5.03. The molecule has 0 bridgehead atoms. The minimum atomic E-state index is 0. The lowest BCUT2D eigenvalue weighted by Gasteiger charge is -2.32. The SMILES string of the molecule is C.CCC1CCN(C)CC1.CCCC1CCCN1C.CCCCCN(C)C.CCCCCNCC.CCCCN1CCN(C)CC1.CCCN1CCCC1.CCCN1CCCCC1.CCCN1CCCCC1.CCCN1CCOCC1.CCCc1ccccn1.CCN1CCCCC1.CN(C)CCN.CN(C)CCN1CCCCC1.CNCCN(C)C.NCCCn1ccnc1.OCCN1CCCCC1. The summed E-state index contributed by atoms with van der Waals surface area (Å²) in [6.07, 6.45) is 60.6. The van der Waals surface area contributed by atoms with Crippen molar-refractivity contribution in [1.82, 2.24) is 98.7 Å². The predicted molar refractivity (Wildman–Crippen MR) is 624 cm³/mol. The molecule has 10 fully saturated rings. The fourth-order valence-electron chi connectivity index (χ4n) is 17.6. The van der Waals surface area contributed by atoms with E-state index >= 15 is 0 Å². The van der Waals surface area contributed by atoms with Gasteiger partial charge in [0.15, 0.2) is 0 Å². The lowest BCUT2D eigenvalue weighted by Crippen LogP contribution is -2.44. The molecular weight excluding hydrogens is 1730 g/mol. The molecule has 0 aliphatic carbocycles. The molecule has 7 N–H and O–H groups in total. The molecule has 2 aromatic heterocycles. The number of β-amino-alcohol motifs (C(OH)–C–C–N with tert-alkyl or cyclic N) is 1. The van der Waals surface area contributed by atoms with Gasteiger partial charge in [0.1, 0.15) is 0 Å². The zero-order valence-electron chi connectivity index (χ0n) is 98.0. The summed E-state index contributed by atoms with van der Waals surface area (Å²) in [5, 5.41) is 14.9. The van der Waals surface area contributed by atoms with Crippen molar-refractivity contribution in [3.8, 4) is 0 Å². The van der Waals surface area contributed by atoms with Crippen molar-refractivity contribution < 1.29 is 9.84 Å². The quantitative estimate of drug-likeness (QED) is 0.0398. The number of piperazine rings is 1. The number of likely N-dealkylation sites (tertiary alicyclic amines) is 8. The Morgan fingerprint density at radius 3 is 1.16 bits per heavy atom. The Kier molecular flexibility index (Phi) is 120. The Bertz CT molecular complexity index is 2400. The Balaban J connectivity index is -0.000000463. The minimum Gasteiger partial charge on any atom is -0.395 e. The standard InChI is InChI=1S/2C9H20N2.4C8H17N.C8H11N.2C7H15NO.2C7H15N.2C7H17N.C6H11N3.C5H14N2.C4H12N2.CH4/c1-10(2)8-9-11-6-4-3-5-7-11;1-3-4-5-11-8-6-10(2)7-9-11;1-3-8-4-6-9(2)7-5-8;1-3-5-8-6-4-7-9(8)2;2*1-2-6-9-7-4-3-5-8-9;1-2-5-8-6-3-4-7-9-8;1-2-3-8-4-6-9-7-5-8;9-7-6-8-4-2-1-3-5-8;1-2-8-6-4-3-5-7-8;1-2-5-8-6-3-4-7-8;1-4-5-6-7-8(2)3;1-3-5-6-7-8-4-2;7-2-1-4-9-5-3-8-6-9;1-6-4-5-7(2)3;1-6(2)4-3-5;/h2*3-9H2,1-2H3;2*8H,3-7H2,1-2H3;2*2-8H2,1H3;3-4,6-7H,2,5H2,1H3;2-7H2,1H3;9H,1-7H2;2*2-7H2,1H3;4-7H2,1-3H3;8H,3-7H2,1-2H3;3,5-6H,1-2,4,7H2;6H,4-5H2,1-3H3;3-5H2,1-2H3;1H4. The summed E-state index contributed by atoms with van der Waals surface area (Å²) in [5.41, 5.74) is 11.7. The van der Waals surface area contributed by atoms with E-state index in [-0.39, 0.29) is 7.43 Å². The summed E-state index contributed by atoms with van der Waals surface area (Å²) < 4.78 is 7.23. The van der Waals surface area contributed by atoms with Crippen LogP contribution in [-0.2, 0) is 17.7 Å². The molecule has 2 aromatic rings. The van der Waals surface area contributed by atoms with Gasteiger partial charge in [-0.05, 0) is 433 Å². The van der Waals surface area contributed by atoms with Gasteiger partial charge in [0.05, 0.1) is 26.1 Å². The smallest absolute Gasteiger partial charge is 0.0945 e. The van der Waals surface area contributed by atoms with Gasteiger partial charge in [0, 0.05) is 122 Å². The fourth-order valence-corrected chi connectivity index (χ4v) is 17.6. The number of piperidine rings is 6. The zero-order chi connectivity index (χ0) is 104. The maximum atomic E-state index is 8.58. The van der Waals surface area contributed by atoms with E-state index in [1.165, 1.54) is 433 Å². The molecule has 0 radical (unpaired) electrons. The maximum Gasteiger partial charge on any atom is 0.0945 e. The van der Waals surface area contributed by atoms with Gasteiger partial charge in [-0.15, -0.1) is 0 Å². The fraction of sp³-hybridized carbons (Fsp3) is 0.931. The number of aromatic nitrogens is 3. The molecule has 1 unspecified atom stereocenters. The molecule has 0 aromatic carbocycles. The van der Waals surface area contributed by atoms with Crippen LogP contribution in [0.2, 0.25) is 0 Å². The highest BCUT2D eigenvalue weighted by Crippen LogP contribution is 2.20. The third-order valence-corrected chi connectivity index (χ3v) is 26.8. The number of ether oxygens (including phenoxy) is 1. The van der Waals surface area contributed by atoms with Crippen LogP contribution in [0, 0.1) is 5.92 Å². The zero-order valence-corrected chi connectivity index (χ0v) is 98.0. The van der Waals surface area contributed by atoms with Crippen molar-refractivity contribution in [2.75, 3.05) is 353 Å². The number of aliphatic hydroxyl groups excluding tert-OH is 1. The first-order chi connectivity index (χ1) is 67.5. The molecule has 140 heavy (non-hydrogen) atoms. The first-order valence-electron chi connectivity index (χ1n) is 58.7. The van der Waals surface area contributed by atoms with E-state index in [1.807, 2.05) is 50.2 Å². The van der Waals surface area contributed by atoms with Gasteiger partial charge in [0.25, 0.3) is 0 Å². The van der Waals surface area contributed by atoms with Crippen molar-refractivity contribution in [1.29, 1.82) is 0 Å². The Labute approximate surface area is 876 Å². The highest BCUT2D eigenvalue weighted by atomic mass is 16.5. The van der Waals surface area contributed by atoms with Crippen LogP contribution in [0.5, 0.6) is 0 Å². The number of nitrogens with one attached hydrogen (secondary N) is 2. The van der Waals surface area contributed by atoms with Crippen molar-refractivity contribution in [3.05, 3.63) is 48.8 Å². The van der Waals surface area contributed by atoms with Crippen molar-refractivity contribution >= 4 is 0 Å². The van der Waals surface area contributed by atoms with E-state index in [9.17, 15) is 0 Å².